The van der Waals surface area contributed by atoms with Crippen LogP contribution in [0.2, 0.25) is 0 Å². The van der Waals surface area contributed by atoms with Gasteiger partial charge in [-0.25, -0.2) is 4.98 Å². The van der Waals surface area contributed by atoms with Crippen molar-refractivity contribution in [3.05, 3.63) is 29.8 Å². The van der Waals surface area contributed by atoms with Gasteiger partial charge in [-0.05, 0) is 17.7 Å². The highest BCUT2D eigenvalue weighted by molar-refractivity contribution is 6.44. The van der Waals surface area contributed by atoms with E-state index < -0.39 is 10.8 Å². The summed E-state index contributed by atoms with van der Waals surface area (Å²) in [6.45, 7) is 0. The van der Waals surface area contributed by atoms with Gasteiger partial charge in [0.15, 0.2) is 0 Å². The van der Waals surface area contributed by atoms with Crippen molar-refractivity contribution in [1.82, 2.24) is 4.98 Å². The van der Waals surface area contributed by atoms with Gasteiger partial charge in [-0.3, -0.25) is 0 Å². The van der Waals surface area contributed by atoms with Crippen LogP contribution < -0.4 is 0 Å². The maximum atomic E-state index is 12.3. The highest BCUT2D eigenvalue weighted by Gasteiger charge is 2.03. The van der Waals surface area contributed by atoms with Crippen LogP contribution in [0.5, 0.6) is 0 Å². The van der Waals surface area contributed by atoms with Crippen molar-refractivity contribution in [3.8, 4) is 0 Å². The summed E-state index contributed by atoms with van der Waals surface area (Å²) in [6.07, 6.45) is 1.32. The molecule has 0 amide bonds. The van der Waals surface area contributed by atoms with Crippen LogP contribution in [-0.4, -0.2) is 4.98 Å². The highest BCUT2D eigenvalue weighted by atomic mass is 35.5. The van der Waals surface area contributed by atoms with Gasteiger partial charge in [-0.1, -0.05) is 0 Å². The molecule has 0 bridgehead atoms. The third-order valence-corrected chi connectivity index (χ3v) is 1.51. The molecule has 0 atom stereocenters. The molecule has 1 aromatic rings. The maximum absolute atomic E-state index is 12.3. The molecule has 0 aliphatic heterocycles. The van der Waals surface area contributed by atoms with Crippen LogP contribution in [-0.2, 0) is 0 Å². The van der Waals surface area contributed by atoms with E-state index in [0.717, 1.165) is 0 Å². The van der Waals surface area contributed by atoms with Gasteiger partial charge in [-0.15, -0.1) is 23.2 Å². The van der Waals surface area contributed by atoms with Crippen molar-refractivity contribution in [2.45, 2.75) is 4.84 Å². The van der Waals surface area contributed by atoms with E-state index in [0.29, 0.717) is 5.56 Å². The van der Waals surface area contributed by atoms with E-state index >= 15 is 0 Å². The molecule has 0 aliphatic carbocycles. The Kier molecular flexibility index (Phi) is 2.46. The summed E-state index contributed by atoms with van der Waals surface area (Å²) in [4.78, 5) is 2.66. The minimum absolute atomic E-state index is 0.524. The van der Waals surface area contributed by atoms with E-state index in [2.05, 4.69) is 4.98 Å². The summed E-state index contributed by atoms with van der Waals surface area (Å²) >= 11 is 10.9. The Morgan fingerprint density at radius 1 is 1.50 bits per heavy atom. The Balaban J connectivity index is 2.96. The normalized spacial score (nSPS) is 10.4. The van der Waals surface area contributed by atoms with Crippen molar-refractivity contribution < 1.29 is 4.39 Å². The van der Waals surface area contributed by atoms with Crippen LogP contribution in [0.25, 0.3) is 0 Å². The van der Waals surface area contributed by atoms with Crippen LogP contribution in [0.4, 0.5) is 4.39 Å². The summed E-state index contributed by atoms with van der Waals surface area (Å²) < 4.78 is 12.3. The highest BCUT2D eigenvalue weighted by Crippen LogP contribution is 2.23. The molecule has 54 valence electrons. The van der Waals surface area contributed by atoms with Gasteiger partial charge in [0.25, 0.3) is 0 Å². The van der Waals surface area contributed by atoms with Crippen LogP contribution in [0.3, 0.4) is 0 Å². The number of halogens is 3. The summed E-state index contributed by atoms with van der Waals surface area (Å²) in [5.41, 5.74) is 0.524. The fraction of sp³-hybridized carbons (Fsp3) is 0.167. The molecule has 0 spiro atoms. The Labute approximate surface area is 67.8 Å². The van der Waals surface area contributed by atoms with Crippen LogP contribution >= 0.6 is 23.2 Å². The van der Waals surface area contributed by atoms with Crippen LogP contribution in [0.15, 0.2) is 18.3 Å². The average molecular weight is 180 g/mol. The molecule has 0 N–H and O–H groups in total. The molecular formula is C6H4Cl2FN. The number of rotatable bonds is 1. The van der Waals surface area contributed by atoms with Gasteiger partial charge < -0.3 is 0 Å². The van der Waals surface area contributed by atoms with E-state index in [4.69, 9.17) is 23.2 Å². The van der Waals surface area contributed by atoms with E-state index in [9.17, 15) is 4.39 Å². The zero-order chi connectivity index (χ0) is 7.56. The molecule has 1 aromatic heterocycles. The van der Waals surface area contributed by atoms with Gasteiger partial charge in [0.05, 0.1) is 0 Å². The summed E-state index contributed by atoms with van der Waals surface area (Å²) in [7, 11) is 0. The Morgan fingerprint density at radius 3 is 2.60 bits per heavy atom. The number of nitrogens with zero attached hydrogens (tertiary/aromatic N) is 1. The molecule has 1 rings (SSSR count). The third-order valence-electron chi connectivity index (χ3n) is 1.00. The molecule has 0 radical (unpaired) electrons. The molecule has 0 aliphatic rings. The molecule has 4 heteroatoms. The Hall–Kier alpha value is -0.340. The standard InChI is InChI=1S/C6H4Cl2FN/c7-6(8)4-1-2-10-5(9)3-4/h1-3,6H. The van der Waals surface area contributed by atoms with Gasteiger partial charge in [0.2, 0.25) is 5.95 Å². The topological polar surface area (TPSA) is 12.9 Å². The minimum atomic E-state index is -0.683. The first-order valence-corrected chi connectivity index (χ1v) is 3.47. The molecule has 0 unspecified atom stereocenters. The fourth-order valence-electron chi connectivity index (χ4n) is 0.553. The smallest absolute Gasteiger partial charge is 0.213 e. The second-order valence-corrected chi connectivity index (χ2v) is 2.81. The van der Waals surface area contributed by atoms with Gasteiger partial charge >= 0.3 is 0 Å². The second kappa shape index (κ2) is 3.17. The van der Waals surface area contributed by atoms with E-state index in [1.165, 1.54) is 12.3 Å². The minimum Gasteiger partial charge on any atom is -0.228 e. The van der Waals surface area contributed by atoms with Crippen LogP contribution in [0, 0.1) is 5.95 Å². The zero-order valence-corrected chi connectivity index (χ0v) is 6.40. The molecule has 0 saturated heterocycles. The summed E-state index contributed by atoms with van der Waals surface area (Å²) in [5.74, 6) is -0.566. The molecule has 0 saturated carbocycles. The van der Waals surface area contributed by atoms with Crippen molar-refractivity contribution in [2.75, 3.05) is 0 Å². The zero-order valence-electron chi connectivity index (χ0n) is 4.89. The Bertz CT molecular complexity index is 227. The van der Waals surface area contributed by atoms with Crippen molar-refractivity contribution in [1.29, 1.82) is 0 Å². The SMILES string of the molecule is Fc1cc(C(Cl)Cl)ccn1. The number of hydrogen-bond donors (Lipinski definition) is 0. The first-order valence-electron chi connectivity index (χ1n) is 2.60. The largest absolute Gasteiger partial charge is 0.228 e. The van der Waals surface area contributed by atoms with Gasteiger partial charge in [-0.2, -0.15) is 4.39 Å². The third kappa shape index (κ3) is 1.82. The lowest BCUT2D eigenvalue weighted by molar-refractivity contribution is 0.582. The average Bonchev–Trinajstić information content (AvgIpc) is 1.88. The summed E-state index contributed by atoms with van der Waals surface area (Å²) in [5, 5.41) is 0. The van der Waals surface area contributed by atoms with E-state index in [1.54, 1.807) is 6.07 Å². The van der Waals surface area contributed by atoms with E-state index in [-0.39, 0.29) is 0 Å². The quantitative estimate of drug-likeness (QED) is 0.478. The van der Waals surface area contributed by atoms with Gasteiger partial charge in [0.1, 0.15) is 4.84 Å². The predicted octanol–water partition coefficient (Wildman–Crippen LogP) is 2.70. The molecule has 0 aromatic carbocycles. The van der Waals surface area contributed by atoms with E-state index in [1.807, 2.05) is 0 Å². The number of aromatic nitrogens is 1. The number of hydrogen-bond acceptors (Lipinski definition) is 1. The molecule has 10 heavy (non-hydrogen) atoms. The predicted molar refractivity (Wildman–Crippen MR) is 38.6 cm³/mol. The maximum Gasteiger partial charge on any atom is 0.213 e. The molecule has 1 heterocycles. The lowest BCUT2D eigenvalue weighted by atomic mass is 10.3. The van der Waals surface area contributed by atoms with Gasteiger partial charge in [0, 0.05) is 6.20 Å². The molecule has 1 nitrogen and oxygen atoms in total. The first-order chi connectivity index (χ1) is 4.70. The molecular weight excluding hydrogens is 176 g/mol. The lowest BCUT2D eigenvalue weighted by Gasteiger charge is -1.98. The Morgan fingerprint density at radius 2 is 2.20 bits per heavy atom. The van der Waals surface area contributed by atoms with Crippen LogP contribution in [0.1, 0.15) is 10.4 Å². The van der Waals surface area contributed by atoms with Crippen molar-refractivity contribution in [3.63, 3.8) is 0 Å². The molecule has 0 fully saturated rings. The number of pyridine rings is 1. The number of alkyl halides is 2. The lowest BCUT2D eigenvalue weighted by Crippen LogP contribution is -1.85. The fourth-order valence-corrected chi connectivity index (χ4v) is 0.825. The first kappa shape index (κ1) is 7.76. The van der Waals surface area contributed by atoms with Crippen molar-refractivity contribution in [2.24, 2.45) is 0 Å². The summed E-state index contributed by atoms with van der Waals surface area (Å²) in [6, 6.07) is 2.76. The second-order valence-electron chi connectivity index (χ2n) is 1.71. The van der Waals surface area contributed by atoms with Crippen molar-refractivity contribution >= 4 is 23.2 Å². The monoisotopic (exact) mass is 179 g/mol.